The van der Waals surface area contributed by atoms with Gasteiger partial charge in [0.25, 0.3) is 10.0 Å². The molecule has 0 bridgehead atoms. The first-order valence-corrected chi connectivity index (χ1v) is 10.4. The quantitative estimate of drug-likeness (QED) is 0.811. The zero-order chi connectivity index (χ0) is 18.4. The highest BCUT2D eigenvalue weighted by molar-refractivity contribution is 7.89. The van der Waals surface area contributed by atoms with Crippen LogP contribution in [0.2, 0.25) is 0 Å². The van der Waals surface area contributed by atoms with E-state index in [1.807, 2.05) is 18.7 Å². The molecular weight excluding hydrogens is 340 g/mol. The van der Waals surface area contributed by atoms with Gasteiger partial charge in [0.05, 0.1) is 5.69 Å². The fraction of sp³-hybridized carbons (Fsp3) is 0.765. The maximum atomic E-state index is 12.9. The molecule has 1 aromatic heterocycles. The van der Waals surface area contributed by atoms with Gasteiger partial charge >= 0.3 is 0 Å². The molecule has 1 spiro atoms. The lowest BCUT2D eigenvalue weighted by Gasteiger charge is -2.48. The summed E-state index contributed by atoms with van der Waals surface area (Å²) in [5.41, 5.74) is 0.764. The van der Waals surface area contributed by atoms with Crippen LogP contribution in [0.15, 0.2) is 11.1 Å². The molecule has 2 aliphatic rings. The molecule has 0 N–H and O–H groups in total. The molecule has 7 nitrogen and oxygen atoms in total. The molecule has 0 saturated carbocycles. The Morgan fingerprint density at radius 3 is 2.36 bits per heavy atom. The lowest BCUT2D eigenvalue weighted by atomic mass is 9.72. The summed E-state index contributed by atoms with van der Waals surface area (Å²) < 4.78 is 28.8. The molecule has 25 heavy (non-hydrogen) atoms. The largest absolute Gasteiger partial charge is 0.340 e. The van der Waals surface area contributed by atoms with E-state index in [9.17, 15) is 13.2 Å². The SMILES string of the molecule is Cc1cc(S(=O)(=O)N2CCC3(CCC(=O)N(C(C)C)C3)CC2)n(C)n1. The van der Waals surface area contributed by atoms with Crippen LogP contribution in [0, 0.1) is 12.3 Å². The summed E-state index contributed by atoms with van der Waals surface area (Å²) in [6, 6.07) is 1.82. The number of rotatable bonds is 3. The molecule has 0 radical (unpaired) electrons. The monoisotopic (exact) mass is 368 g/mol. The van der Waals surface area contributed by atoms with Crippen LogP contribution in [-0.2, 0) is 21.9 Å². The van der Waals surface area contributed by atoms with Crippen molar-refractivity contribution >= 4 is 15.9 Å². The molecule has 0 atom stereocenters. The van der Waals surface area contributed by atoms with Crippen molar-refractivity contribution in [2.75, 3.05) is 19.6 Å². The second-order valence-electron chi connectivity index (χ2n) is 7.77. The number of piperidine rings is 2. The Hall–Kier alpha value is -1.41. The Kier molecular flexibility index (Phi) is 4.70. The third-order valence-electron chi connectivity index (χ3n) is 5.66. The van der Waals surface area contributed by atoms with Crippen molar-refractivity contribution in [1.29, 1.82) is 0 Å². The second kappa shape index (κ2) is 6.39. The van der Waals surface area contributed by atoms with Gasteiger partial charge in [-0.05, 0) is 51.5 Å². The number of carbonyl (C=O) groups excluding carboxylic acids is 1. The number of hydrogen-bond acceptors (Lipinski definition) is 4. The van der Waals surface area contributed by atoms with Gasteiger partial charge in [-0.25, -0.2) is 8.42 Å². The van der Waals surface area contributed by atoms with E-state index in [0.717, 1.165) is 25.8 Å². The lowest BCUT2D eigenvalue weighted by Crippen LogP contribution is -2.54. The maximum Gasteiger partial charge on any atom is 0.260 e. The van der Waals surface area contributed by atoms with E-state index in [4.69, 9.17) is 0 Å². The zero-order valence-electron chi connectivity index (χ0n) is 15.5. The van der Waals surface area contributed by atoms with E-state index < -0.39 is 10.0 Å². The summed E-state index contributed by atoms with van der Waals surface area (Å²) in [4.78, 5) is 14.1. The Morgan fingerprint density at radius 1 is 1.20 bits per heavy atom. The molecule has 2 fully saturated rings. The minimum Gasteiger partial charge on any atom is -0.340 e. The second-order valence-corrected chi connectivity index (χ2v) is 9.65. The highest BCUT2D eigenvalue weighted by atomic mass is 32.2. The Bertz CT molecular complexity index is 761. The standard InChI is InChI=1S/C17H28N4O3S/c1-13(2)21-12-17(6-5-15(21)22)7-9-20(10-8-17)25(23,24)16-11-14(3)18-19(16)4/h11,13H,5-10,12H2,1-4H3. The first-order valence-electron chi connectivity index (χ1n) is 8.95. The number of aromatic nitrogens is 2. The average molecular weight is 369 g/mol. The van der Waals surface area contributed by atoms with Gasteiger partial charge in [0.15, 0.2) is 5.03 Å². The van der Waals surface area contributed by atoms with Gasteiger partial charge in [0, 0.05) is 39.1 Å². The normalized spacial score (nSPS) is 22.1. The molecule has 3 heterocycles. The first-order chi connectivity index (χ1) is 11.6. The van der Waals surface area contributed by atoms with E-state index in [1.165, 1.54) is 4.68 Å². The zero-order valence-corrected chi connectivity index (χ0v) is 16.3. The van der Waals surface area contributed by atoms with Gasteiger partial charge in [-0.2, -0.15) is 9.40 Å². The van der Waals surface area contributed by atoms with Crippen LogP contribution in [0.3, 0.4) is 0 Å². The summed E-state index contributed by atoms with van der Waals surface area (Å²) in [7, 11) is -1.85. The maximum absolute atomic E-state index is 12.9. The number of nitrogens with zero attached hydrogens (tertiary/aromatic N) is 4. The van der Waals surface area contributed by atoms with Gasteiger partial charge in [-0.15, -0.1) is 0 Å². The Labute approximate surface area is 150 Å². The lowest BCUT2D eigenvalue weighted by molar-refractivity contribution is -0.141. The third-order valence-corrected chi connectivity index (χ3v) is 7.62. The summed E-state index contributed by atoms with van der Waals surface area (Å²) in [6.07, 6.45) is 3.05. The fourth-order valence-electron chi connectivity index (χ4n) is 4.08. The van der Waals surface area contributed by atoms with Crippen LogP contribution in [-0.4, -0.2) is 59.0 Å². The van der Waals surface area contributed by atoms with Crippen LogP contribution in [0.25, 0.3) is 0 Å². The van der Waals surface area contributed by atoms with Gasteiger partial charge in [0.1, 0.15) is 0 Å². The van der Waals surface area contributed by atoms with Crippen molar-refractivity contribution in [2.24, 2.45) is 12.5 Å². The van der Waals surface area contributed by atoms with Crippen molar-refractivity contribution in [3.05, 3.63) is 11.8 Å². The Balaban J connectivity index is 1.73. The number of amides is 1. The van der Waals surface area contributed by atoms with Crippen LogP contribution in [0.1, 0.15) is 45.2 Å². The number of hydrogen-bond donors (Lipinski definition) is 0. The summed E-state index contributed by atoms with van der Waals surface area (Å²) in [5, 5.41) is 4.41. The third kappa shape index (κ3) is 3.33. The average Bonchev–Trinajstić information content (AvgIpc) is 2.89. The highest BCUT2D eigenvalue weighted by Crippen LogP contribution is 2.41. The van der Waals surface area contributed by atoms with Gasteiger partial charge in [-0.1, -0.05) is 0 Å². The predicted octanol–water partition coefficient (Wildman–Crippen LogP) is 1.53. The van der Waals surface area contributed by atoms with Crippen molar-refractivity contribution in [3.8, 4) is 0 Å². The number of likely N-dealkylation sites (tertiary alicyclic amines) is 1. The molecule has 8 heteroatoms. The smallest absolute Gasteiger partial charge is 0.260 e. The van der Waals surface area contributed by atoms with E-state index in [-0.39, 0.29) is 22.4 Å². The fourth-order valence-corrected chi connectivity index (χ4v) is 5.71. The summed E-state index contributed by atoms with van der Waals surface area (Å²) in [6.45, 7) is 7.65. The van der Waals surface area contributed by atoms with E-state index in [0.29, 0.717) is 25.2 Å². The van der Waals surface area contributed by atoms with Crippen LogP contribution < -0.4 is 0 Å². The van der Waals surface area contributed by atoms with Crippen molar-refractivity contribution < 1.29 is 13.2 Å². The predicted molar refractivity (Wildman–Crippen MR) is 94.5 cm³/mol. The van der Waals surface area contributed by atoms with Crippen LogP contribution in [0.4, 0.5) is 0 Å². The number of carbonyl (C=O) groups is 1. The molecular formula is C17H28N4O3S. The summed E-state index contributed by atoms with van der Waals surface area (Å²) in [5.74, 6) is 0.223. The van der Waals surface area contributed by atoms with Crippen LogP contribution in [0.5, 0.6) is 0 Å². The molecule has 1 amide bonds. The van der Waals surface area contributed by atoms with E-state index in [1.54, 1.807) is 24.3 Å². The molecule has 0 aliphatic carbocycles. The van der Waals surface area contributed by atoms with Gasteiger partial charge in [0.2, 0.25) is 5.91 Å². The first kappa shape index (κ1) is 18.4. The van der Waals surface area contributed by atoms with E-state index >= 15 is 0 Å². The number of sulfonamides is 1. The molecule has 0 unspecified atom stereocenters. The van der Waals surface area contributed by atoms with Crippen LogP contribution >= 0.6 is 0 Å². The molecule has 2 saturated heterocycles. The van der Waals surface area contributed by atoms with Gasteiger partial charge in [-0.3, -0.25) is 9.48 Å². The molecule has 140 valence electrons. The minimum absolute atomic E-state index is 0.0621. The Morgan fingerprint density at radius 2 is 1.84 bits per heavy atom. The highest BCUT2D eigenvalue weighted by Gasteiger charge is 2.44. The minimum atomic E-state index is -3.51. The topological polar surface area (TPSA) is 75.5 Å². The van der Waals surface area contributed by atoms with Crippen molar-refractivity contribution in [3.63, 3.8) is 0 Å². The molecule has 3 rings (SSSR count). The van der Waals surface area contributed by atoms with Crippen molar-refractivity contribution in [2.45, 2.75) is 57.5 Å². The van der Waals surface area contributed by atoms with E-state index in [2.05, 4.69) is 5.10 Å². The number of aryl methyl sites for hydroxylation is 2. The van der Waals surface area contributed by atoms with Crippen molar-refractivity contribution in [1.82, 2.24) is 19.0 Å². The summed E-state index contributed by atoms with van der Waals surface area (Å²) >= 11 is 0. The molecule has 0 aromatic carbocycles. The molecule has 2 aliphatic heterocycles. The van der Waals surface area contributed by atoms with Gasteiger partial charge < -0.3 is 4.90 Å². The molecule has 1 aromatic rings.